The van der Waals surface area contributed by atoms with Gasteiger partial charge in [0.25, 0.3) is 0 Å². The monoisotopic (exact) mass is 472 g/mol. The molecule has 1 N–H and O–H groups in total. The molecule has 0 radical (unpaired) electrons. The molecule has 4 nitrogen and oxygen atoms in total. The molecule has 1 aliphatic rings. The van der Waals surface area contributed by atoms with Gasteiger partial charge < -0.3 is 10.2 Å². The summed E-state index contributed by atoms with van der Waals surface area (Å²) in [5.41, 5.74) is 3.20. The van der Waals surface area contributed by atoms with Gasteiger partial charge in [0.15, 0.2) is 0 Å². The zero-order chi connectivity index (χ0) is 22.9. The van der Waals surface area contributed by atoms with E-state index in [-0.39, 0.29) is 18.2 Å². The number of carbonyl (C=O) groups excluding carboxylic acids is 2. The number of allylic oxidation sites excluding steroid dienone is 1. The minimum Gasteiger partial charge on any atom is -0.354 e. The van der Waals surface area contributed by atoms with Gasteiger partial charge in [-0.2, -0.15) is 0 Å². The van der Waals surface area contributed by atoms with E-state index in [9.17, 15) is 9.59 Å². The van der Waals surface area contributed by atoms with Gasteiger partial charge in [-0.3, -0.25) is 9.59 Å². The average Bonchev–Trinajstić information content (AvgIpc) is 2.80. The molecule has 0 bridgehead atoms. The van der Waals surface area contributed by atoms with E-state index in [2.05, 4.69) is 11.4 Å². The molecule has 32 heavy (non-hydrogen) atoms. The van der Waals surface area contributed by atoms with Crippen molar-refractivity contribution in [2.45, 2.75) is 58.0 Å². The lowest BCUT2D eigenvalue weighted by molar-refractivity contribution is -0.140. The molecule has 0 saturated carbocycles. The van der Waals surface area contributed by atoms with Gasteiger partial charge in [-0.15, -0.1) is 0 Å². The summed E-state index contributed by atoms with van der Waals surface area (Å²) in [6.07, 6.45) is 8.10. The van der Waals surface area contributed by atoms with Crippen LogP contribution in [0.1, 0.15) is 50.2 Å². The highest BCUT2D eigenvalue weighted by Crippen LogP contribution is 2.20. The van der Waals surface area contributed by atoms with Gasteiger partial charge in [0, 0.05) is 23.1 Å². The summed E-state index contributed by atoms with van der Waals surface area (Å²) in [5.74, 6) is -0.250. The van der Waals surface area contributed by atoms with Gasteiger partial charge in [0.2, 0.25) is 11.8 Å². The first-order chi connectivity index (χ1) is 15.4. The normalized spacial score (nSPS) is 14.4. The molecule has 1 unspecified atom stereocenters. The Labute approximate surface area is 200 Å². The summed E-state index contributed by atoms with van der Waals surface area (Å²) < 4.78 is 0. The minimum absolute atomic E-state index is 0.111. The number of amides is 2. The summed E-state index contributed by atoms with van der Waals surface area (Å²) >= 11 is 12.0. The van der Waals surface area contributed by atoms with E-state index in [0.717, 1.165) is 30.4 Å². The van der Waals surface area contributed by atoms with Crippen LogP contribution in [0.3, 0.4) is 0 Å². The molecule has 2 amide bonds. The Morgan fingerprint density at radius 3 is 2.19 bits per heavy atom. The lowest BCUT2D eigenvalue weighted by Crippen LogP contribution is -2.48. The molecule has 0 aromatic heterocycles. The van der Waals surface area contributed by atoms with Crippen molar-refractivity contribution < 1.29 is 9.59 Å². The van der Waals surface area contributed by atoms with Crippen LogP contribution in [0.4, 0.5) is 0 Å². The smallest absolute Gasteiger partial charge is 0.242 e. The Balaban J connectivity index is 1.67. The van der Waals surface area contributed by atoms with Crippen molar-refractivity contribution >= 4 is 35.0 Å². The minimum atomic E-state index is -0.592. The SMILES string of the molecule is CC(C(=O)NCCC1=CCCCC1)N(Cc1ccc(Cl)cc1)C(=O)Cc1ccc(Cl)cc1. The van der Waals surface area contributed by atoms with Crippen molar-refractivity contribution in [1.82, 2.24) is 10.2 Å². The molecule has 3 rings (SSSR count). The summed E-state index contributed by atoms with van der Waals surface area (Å²) in [7, 11) is 0. The van der Waals surface area contributed by atoms with Gasteiger partial charge in [-0.05, 0) is 74.4 Å². The molecule has 0 saturated heterocycles. The lowest BCUT2D eigenvalue weighted by Gasteiger charge is -2.29. The van der Waals surface area contributed by atoms with Crippen molar-refractivity contribution in [1.29, 1.82) is 0 Å². The first kappa shape index (κ1) is 24.3. The molecule has 6 heteroatoms. The second-order valence-corrected chi connectivity index (χ2v) is 9.15. The Hall–Kier alpha value is -2.30. The van der Waals surface area contributed by atoms with Crippen LogP contribution in [-0.2, 0) is 22.6 Å². The first-order valence-corrected chi connectivity index (χ1v) is 11.9. The Bertz CT molecular complexity index is 939. The predicted octanol–water partition coefficient (Wildman–Crippen LogP) is 5.96. The summed E-state index contributed by atoms with van der Waals surface area (Å²) in [6.45, 7) is 2.71. The van der Waals surface area contributed by atoms with Crippen LogP contribution < -0.4 is 5.32 Å². The van der Waals surface area contributed by atoms with Crippen LogP contribution in [0, 0.1) is 0 Å². The predicted molar refractivity (Wildman–Crippen MR) is 131 cm³/mol. The quantitative estimate of drug-likeness (QED) is 0.457. The molecule has 0 spiro atoms. The maximum absolute atomic E-state index is 13.2. The molecule has 2 aromatic carbocycles. The van der Waals surface area contributed by atoms with Crippen molar-refractivity contribution in [3.05, 3.63) is 81.4 Å². The Kier molecular flexibility index (Phi) is 9.19. The lowest BCUT2D eigenvalue weighted by atomic mass is 9.97. The maximum Gasteiger partial charge on any atom is 0.242 e. The van der Waals surface area contributed by atoms with Gasteiger partial charge in [0.05, 0.1) is 6.42 Å². The van der Waals surface area contributed by atoms with Crippen molar-refractivity contribution in [3.63, 3.8) is 0 Å². The van der Waals surface area contributed by atoms with Crippen LogP contribution in [-0.4, -0.2) is 29.3 Å². The van der Waals surface area contributed by atoms with Crippen LogP contribution in [0.5, 0.6) is 0 Å². The van der Waals surface area contributed by atoms with E-state index in [1.807, 2.05) is 24.3 Å². The number of hydrogen-bond acceptors (Lipinski definition) is 2. The largest absolute Gasteiger partial charge is 0.354 e. The molecule has 1 aliphatic carbocycles. The highest BCUT2D eigenvalue weighted by atomic mass is 35.5. The van der Waals surface area contributed by atoms with Crippen LogP contribution >= 0.6 is 23.2 Å². The first-order valence-electron chi connectivity index (χ1n) is 11.2. The van der Waals surface area contributed by atoms with Gasteiger partial charge in [0.1, 0.15) is 6.04 Å². The van der Waals surface area contributed by atoms with E-state index in [0.29, 0.717) is 23.1 Å². The third-order valence-electron chi connectivity index (χ3n) is 5.83. The van der Waals surface area contributed by atoms with E-state index >= 15 is 0 Å². The Morgan fingerprint density at radius 1 is 0.969 bits per heavy atom. The van der Waals surface area contributed by atoms with Crippen LogP contribution in [0.15, 0.2) is 60.2 Å². The van der Waals surface area contributed by atoms with Crippen LogP contribution in [0.25, 0.3) is 0 Å². The highest BCUT2D eigenvalue weighted by Gasteiger charge is 2.26. The fourth-order valence-electron chi connectivity index (χ4n) is 3.87. The molecule has 0 heterocycles. The number of benzene rings is 2. The molecular weight excluding hydrogens is 443 g/mol. The van der Waals surface area contributed by atoms with Crippen molar-refractivity contribution in [2.75, 3.05) is 6.54 Å². The number of nitrogens with zero attached hydrogens (tertiary/aromatic N) is 1. The molecule has 0 fully saturated rings. The zero-order valence-corrected chi connectivity index (χ0v) is 20.0. The number of rotatable bonds is 9. The average molecular weight is 473 g/mol. The topological polar surface area (TPSA) is 49.4 Å². The number of halogens is 2. The highest BCUT2D eigenvalue weighted by molar-refractivity contribution is 6.30. The third-order valence-corrected chi connectivity index (χ3v) is 6.34. The molecule has 2 aromatic rings. The second kappa shape index (κ2) is 12.1. The van der Waals surface area contributed by atoms with E-state index in [1.165, 1.54) is 18.4 Å². The maximum atomic E-state index is 13.2. The molecule has 1 atom stereocenters. The summed E-state index contributed by atoms with van der Waals surface area (Å²) in [6, 6.07) is 14.0. The number of nitrogens with one attached hydrogen (secondary N) is 1. The number of hydrogen-bond donors (Lipinski definition) is 1. The molecule has 0 aliphatic heterocycles. The van der Waals surface area contributed by atoms with E-state index in [1.54, 1.807) is 36.1 Å². The standard InChI is InChI=1S/C26H30Cl2N2O2/c1-19(26(32)29-16-15-20-5-3-2-4-6-20)30(18-22-9-13-24(28)14-10-22)25(31)17-21-7-11-23(27)12-8-21/h5,7-14,19H,2-4,6,15-18H2,1H3,(H,29,32). The van der Waals surface area contributed by atoms with E-state index < -0.39 is 6.04 Å². The van der Waals surface area contributed by atoms with E-state index in [4.69, 9.17) is 23.2 Å². The Morgan fingerprint density at radius 2 is 1.59 bits per heavy atom. The van der Waals surface area contributed by atoms with Crippen molar-refractivity contribution in [2.24, 2.45) is 0 Å². The van der Waals surface area contributed by atoms with Crippen molar-refractivity contribution in [3.8, 4) is 0 Å². The fourth-order valence-corrected chi connectivity index (χ4v) is 4.13. The van der Waals surface area contributed by atoms with Crippen LogP contribution in [0.2, 0.25) is 10.0 Å². The summed E-state index contributed by atoms with van der Waals surface area (Å²) in [4.78, 5) is 27.8. The zero-order valence-electron chi connectivity index (χ0n) is 18.4. The third kappa shape index (κ3) is 7.39. The van der Waals surface area contributed by atoms with Gasteiger partial charge in [-0.25, -0.2) is 0 Å². The summed E-state index contributed by atoms with van der Waals surface area (Å²) in [5, 5.41) is 4.28. The fraction of sp³-hybridized carbons (Fsp3) is 0.385. The molecule has 170 valence electrons. The second-order valence-electron chi connectivity index (χ2n) is 8.28. The van der Waals surface area contributed by atoms with Gasteiger partial charge in [-0.1, -0.05) is 59.1 Å². The molecular formula is C26H30Cl2N2O2. The van der Waals surface area contributed by atoms with Gasteiger partial charge >= 0.3 is 0 Å². The number of carbonyl (C=O) groups is 2.